The number of carbonyl (C=O) groups excluding carboxylic acids is 1. The molecule has 1 amide bonds. The van der Waals surface area contributed by atoms with Crippen LogP contribution in [-0.2, 0) is 30.9 Å². The Morgan fingerprint density at radius 2 is 1.56 bits per heavy atom. The largest absolute Gasteiger partial charge is 0.444 e. The van der Waals surface area contributed by atoms with Crippen LogP contribution in [0, 0.1) is 0 Å². The molecule has 11 heteroatoms. The fourth-order valence-corrected chi connectivity index (χ4v) is 3.24. The van der Waals surface area contributed by atoms with Gasteiger partial charge >= 0.3 is 13.7 Å². The summed E-state index contributed by atoms with van der Waals surface area (Å²) < 4.78 is 27.8. The van der Waals surface area contributed by atoms with E-state index in [0.29, 0.717) is 12.2 Å². The van der Waals surface area contributed by atoms with Crippen molar-refractivity contribution in [3.8, 4) is 0 Å². The predicted octanol–water partition coefficient (Wildman–Crippen LogP) is 2.10. The van der Waals surface area contributed by atoms with Crippen LogP contribution >= 0.6 is 7.60 Å². The first-order valence-electron chi connectivity index (χ1n) is 8.07. The third kappa shape index (κ3) is 8.85. The number of nitrogens with one attached hydrogen (secondary N) is 1. The molecule has 0 aliphatic rings. The summed E-state index contributed by atoms with van der Waals surface area (Å²) >= 11 is 0. The number of hydrogen-bond acceptors (Lipinski definition) is 9. The smallest absolute Gasteiger partial charge is 0.407 e. The van der Waals surface area contributed by atoms with Crippen LogP contribution < -0.4 is 5.32 Å². The van der Waals surface area contributed by atoms with Gasteiger partial charge in [-0.25, -0.2) is 4.79 Å². The number of rotatable bonds is 9. The van der Waals surface area contributed by atoms with E-state index in [-0.39, 0.29) is 31.7 Å². The lowest BCUT2D eigenvalue weighted by Crippen LogP contribution is -2.33. The van der Waals surface area contributed by atoms with Gasteiger partial charge in [0.25, 0.3) is 0 Å². The van der Waals surface area contributed by atoms with Crippen molar-refractivity contribution in [3.63, 3.8) is 0 Å². The summed E-state index contributed by atoms with van der Waals surface area (Å²) in [6, 6.07) is 0. The topological polar surface area (TPSA) is 125 Å². The molecule has 142 valence electrons. The van der Waals surface area contributed by atoms with Gasteiger partial charge < -0.3 is 19.1 Å². The van der Waals surface area contributed by atoms with E-state index in [4.69, 9.17) is 13.8 Å². The second-order valence-corrected chi connectivity index (χ2v) is 8.07. The van der Waals surface area contributed by atoms with Crippen LogP contribution in [0.1, 0.15) is 46.3 Å². The van der Waals surface area contributed by atoms with Crippen molar-refractivity contribution < 1.29 is 23.1 Å². The van der Waals surface area contributed by atoms with Crippen molar-refractivity contribution >= 4 is 13.7 Å². The molecule has 0 saturated heterocycles. The molecule has 1 heterocycles. The molecule has 1 rings (SSSR count). The Bertz CT molecular complexity index is 580. The molecular formula is C14H26N5O5P. The van der Waals surface area contributed by atoms with E-state index < -0.39 is 19.3 Å². The second kappa shape index (κ2) is 9.74. The molecule has 0 fully saturated rings. The Kier molecular flexibility index (Phi) is 8.34. The molecule has 0 spiro atoms. The van der Waals surface area contributed by atoms with Crippen molar-refractivity contribution in [2.75, 3.05) is 19.8 Å². The number of hydrogen-bond donors (Lipinski definition) is 1. The van der Waals surface area contributed by atoms with Crippen LogP contribution in [0.25, 0.3) is 0 Å². The Morgan fingerprint density at radius 1 is 1.04 bits per heavy atom. The maximum absolute atomic E-state index is 12.4. The zero-order valence-electron chi connectivity index (χ0n) is 15.3. The highest BCUT2D eigenvalue weighted by Crippen LogP contribution is 2.50. The predicted molar refractivity (Wildman–Crippen MR) is 90.1 cm³/mol. The first-order chi connectivity index (χ1) is 11.7. The molecule has 0 bridgehead atoms. The number of carbonyl (C=O) groups is 1. The molecule has 0 radical (unpaired) electrons. The highest BCUT2D eigenvalue weighted by Gasteiger charge is 2.26. The molecule has 0 aliphatic carbocycles. The van der Waals surface area contributed by atoms with Gasteiger partial charge in [0.15, 0.2) is 11.6 Å². The summed E-state index contributed by atoms with van der Waals surface area (Å²) in [6.45, 7) is 9.60. The minimum absolute atomic E-state index is 0.0921. The minimum Gasteiger partial charge on any atom is -0.444 e. The van der Waals surface area contributed by atoms with Crippen LogP contribution in [0.15, 0.2) is 0 Å². The monoisotopic (exact) mass is 375 g/mol. The van der Waals surface area contributed by atoms with Crippen LogP contribution in [0.3, 0.4) is 0 Å². The Labute approximate surface area is 147 Å². The third-order valence-electron chi connectivity index (χ3n) is 2.57. The summed E-state index contributed by atoms with van der Waals surface area (Å²) in [6.07, 6.45) is -0.265. The van der Waals surface area contributed by atoms with Crippen LogP contribution in [0.2, 0.25) is 0 Å². The van der Waals surface area contributed by atoms with E-state index in [0.717, 1.165) is 0 Å². The van der Waals surface area contributed by atoms with Gasteiger partial charge in [-0.15, -0.1) is 20.4 Å². The van der Waals surface area contributed by atoms with Gasteiger partial charge in [0.05, 0.1) is 13.2 Å². The molecule has 0 aromatic carbocycles. The Hall–Kier alpha value is -1.64. The first-order valence-corrected chi connectivity index (χ1v) is 9.80. The average molecular weight is 375 g/mol. The maximum Gasteiger partial charge on any atom is 0.407 e. The molecule has 0 aliphatic heterocycles. The van der Waals surface area contributed by atoms with Gasteiger partial charge in [-0.05, 0) is 34.6 Å². The molecule has 10 nitrogen and oxygen atoms in total. The van der Waals surface area contributed by atoms with Crippen molar-refractivity contribution in [2.45, 2.75) is 52.8 Å². The summed E-state index contributed by atoms with van der Waals surface area (Å²) in [5.41, 5.74) is -0.555. The van der Waals surface area contributed by atoms with E-state index >= 15 is 0 Å². The quantitative estimate of drug-likeness (QED) is 0.646. The lowest BCUT2D eigenvalue weighted by atomic mass is 10.2. The lowest BCUT2D eigenvalue weighted by molar-refractivity contribution is 0.0528. The molecule has 0 atom stereocenters. The van der Waals surface area contributed by atoms with E-state index in [1.807, 2.05) is 0 Å². The fraction of sp³-hybridized carbons (Fsp3) is 0.786. The first kappa shape index (κ1) is 21.4. The lowest BCUT2D eigenvalue weighted by Gasteiger charge is -2.19. The van der Waals surface area contributed by atoms with Gasteiger partial charge in [-0.3, -0.25) is 4.57 Å². The molecule has 0 unspecified atom stereocenters. The number of ether oxygens (including phenoxy) is 1. The van der Waals surface area contributed by atoms with E-state index in [9.17, 15) is 9.36 Å². The highest BCUT2D eigenvalue weighted by atomic mass is 31.2. The standard InChI is InChI=1S/C14H26N5O5P/c1-6-22-25(21,23-7-2)10-12-18-16-11(17-19-12)8-9-15-13(20)24-14(3,4)5/h6-10H2,1-5H3,(H,15,20). The highest BCUT2D eigenvalue weighted by molar-refractivity contribution is 7.53. The fourth-order valence-electron chi connectivity index (χ4n) is 1.72. The number of amides is 1. The number of nitrogens with zero attached hydrogens (tertiary/aromatic N) is 4. The molecule has 1 N–H and O–H groups in total. The third-order valence-corrected chi connectivity index (χ3v) is 4.54. The Balaban J connectivity index is 2.51. The van der Waals surface area contributed by atoms with Crippen LogP contribution in [-0.4, -0.2) is 51.8 Å². The molecule has 1 aromatic rings. The van der Waals surface area contributed by atoms with Crippen LogP contribution in [0.5, 0.6) is 0 Å². The van der Waals surface area contributed by atoms with Crippen LogP contribution in [0.4, 0.5) is 4.79 Å². The maximum atomic E-state index is 12.4. The zero-order chi connectivity index (χ0) is 18.9. The van der Waals surface area contributed by atoms with Gasteiger partial charge in [0.1, 0.15) is 11.8 Å². The average Bonchev–Trinajstić information content (AvgIpc) is 2.47. The van der Waals surface area contributed by atoms with E-state index in [1.165, 1.54) is 0 Å². The van der Waals surface area contributed by atoms with E-state index in [2.05, 4.69) is 25.7 Å². The number of aromatic nitrogens is 4. The number of alkyl carbamates (subject to hydrolysis) is 1. The summed E-state index contributed by atoms with van der Waals surface area (Å²) in [4.78, 5) is 11.5. The van der Waals surface area contributed by atoms with Gasteiger partial charge in [0, 0.05) is 13.0 Å². The minimum atomic E-state index is -3.29. The summed E-state index contributed by atoms with van der Waals surface area (Å²) in [5, 5.41) is 18.2. The molecular weight excluding hydrogens is 349 g/mol. The normalized spacial score (nSPS) is 12.0. The molecule has 0 saturated carbocycles. The second-order valence-electron chi connectivity index (χ2n) is 6.02. The van der Waals surface area contributed by atoms with E-state index in [1.54, 1.807) is 34.6 Å². The van der Waals surface area contributed by atoms with Crippen molar-refractivity contribution in [1.82, 2.24) is 25.7 Å². The van der Waals surface area contributed by atoms with Gasteiger partial charge in [0.2, 0.25) is 0 Å². The van der Waals surface area contributed by atoms with Crippen molar-refractivity contribution in [1.29, 1.82) is 0 Å². The molecule has 1 aromatic heterocycles. The summed E-state index contributed by atoms with van der Waals surface area (Å²) in [5.74, 6) is 0.525. The SMILES string of the molecule is CCOP(=O)(Cc1nnc(CCNC(=O)OC(C)(C)C)nn1)OCC. The van der Waals surface area contributed by atoms with Gasteiger partial charge in [-0.2, -0.15) is 0 Å². The summed E-state index contributed by atoms with van der Waals surface area (Å²) in [7, 11) is -3.29. The van der Waals surface area contributed by atoms with Crippen molar-refractivity contribution in [3.05, 3.63) is 11.6 Å². The molecule has 25 heavy (non-hydrogen) atoms. The van der Waals surface area contributed by atoms with Gasteiger partial charge in [-0.1, -0.05) is 0 Å². The Morgan fingerprint density at radius 3 is 2.04 bits per heavy atom. The van der Waals surface area contributed by atoms with Crippen molar-refractivity contribution in [2.24, 2.45) is 0 Å². The zero-order valence-corrected chi connectivity index (χ0v) is 16.2.